The number of ether oxygens (including phenoxy) is 1. The molecule has 0 aliphatic rings. The molecule has 110 valence electrons. The lowest BCUT2D eigenvalue weighted by Crippen LogP contribution is -2.05. The molecule has 0 aromatic heterocycles. The van der Waals surface area contributed by atoms with Crippen molar-refractivity contribution in [3.63, 3.8) is 0 Å². The van der Waals surface area contributed by atoms with E-state index in [-0.39, 0.29) is 5.75 Å². The van der Waals surface area contributed by atoms with Crippen LogP contribution in [0.3, 0.4) is 0 Å². The van der Waals surface area contributed by atoms with Crippen LogP contribution in [-0.4, -0.2) is 0 Å². The third-order valence-corrected chi connectivity index (χ3v) is 3.80. The fourth-order valence-corrected chi connectivity index (χ4v) is 2.21. The summed E-state index contributed by atoms with van der Waals surface area (Å²) in [6.45, 7) is 0. The maximum absolute atomic E-state index is 12.5. The van der Waals surface area contributed by atoms with E-state index in [0.717, 1.165) is 12.1 Å². The molecule has 0 radical (unpaired) electrons. The van der Waals surface area contributed by atoms with Gasteiger partial charge in [-0.3, -0.25) is 0 Å². The maximum atomic E-state index is 12.5. The first-order chi connectivity index (χ1) is 8.94. The first kappa shape index (κ1) is 15.0. The lowest BCUT2D eigenvalue weighted by Gasteiger charge is -2.40. The predicted molar refractivity (Wildman–Crippen MR) is 71.6 cm³/mol. The van der Waals surface area contributed by atoms with E-state index < -0.39 is 15.1 Å². The Morgan fingerprint density at radius 2 is 1.10 bits per heavy atom. The Morgan fingerprint density at radius 3 is 1.50 bits per heavy atom. The fraction of sp³-hybridized carbons (Fsp3) is 0. The van der Waals surface area contributed by atoms with Crippen molar-refractivity contribution >= 4 is 22.9 Å². The molecule has 0 spiro atoms. The molecule has 0 saturated carbocycles. The predicted octanol–water partition coefficient (Wildman–Crippen LogP) is 6.43. The van der Waals surface area contributed by atoms with Gasteiger partial charge in [0.25, 0.3) is 0 Å². The number of halogens is 5. The summed E-state index contributed by atoms with van der Waals surface area (Å²) >= 11 is 4.06. The molecule has 2 rings (SSSR count). The van der Waals surface area contributed by atoms with Crippen molar-refractivity contribution in [2.75, 3.05) is 0 Å². The summed E-state index contributed by atoms with van der Waals surface area (Å²) in [6, 6.07) is 8.68. The van der Waals surface area contributed by atoms with Crippen molar-refractivity contribution in [3.05, 3.63) is 48.5 Å². The van der Waals surface area contributed by atoms with Crippen molar-refractivity contribution in [1.29, 1.82) is 0 Å². The van der Waals surface area contributed by atoms with Gasteiger partial charge in [-0.15, -0.1) is 12.6 Å². The molecule has 0 aliphatic heterocycles. The average molecular weight is 328 g/mol. The van der Waals surface area contributed by atoms with Gasteiger partial charge in [0.2, 0.25) is 0 Å². The largest absolute Gasteiger partial charge is 0.457 e. The van der Waals surface area contributed by atoms with Gasteiger partial charge in [0.1, 0.15) is 16.4 Å². The topological polar surface area (TPSA) is 9.23 Å². The van der Waals surface area contributed by atoms with E-state index in [1.54, 1.807) is 24.3 Å². The number of thiol groups is 1. The van der Waals surface area contributed by atoms with Gasteiger partial charge >= 0.3 is 10.2 Å². The van der Waals surface area contributed by atoms with Gasteiger partial charge in [-0.1, -0.05) is 19.4 Å². The second-order valence-corrected chi connectivity index (χ2v) is 6.96. The van der Waals surface area contributed by atoms with E-state index in [1.165, 1.54) is 0 Å². The van der Waals surface area contributed by atoms with E-state index in [2.05, 4.69) is 12.6 Å². The van der Waals surface area contributed by atoms with Gasteiger partial charge in [-0.25, -0.2) is 0 Å². The van der Waals surface area contributed by atoms with Crippen molar-refractivity contribution in [2.45, 2.75) is 9.79 Å². The van der Waals surface area contributed by atoms with Gasteiger partial charge in [-0.05, 0) is 48.5 Å². The Bertz CT molecular complexity index is 620. The summed E-state index contributed by atoms with van der Waals surface area (Å²) in [7, 11) is -9.62. The monoisotopic (exact) mass is 328 g/mol. The molecule has 2 aromatic carbocycles. The second-order valence-electron chi connectivity index (χ2n) is 4.04. The quantitative estimate of drug-likeness (QED) is 0.505. The van der Waals surface area contributed by atoms with Gasteiger partial charge in [0.05, 0.1) is 0 Å². The molecular formula is C12H9F5OS2. The average Bonchev–Trinajstić information content (AvgIpc) is 2.30. The van der Waals surface area contributed by atoms with Crippen molar-refractivity contribution in [2.24, 2.45) is 0 Å². The Kier molecular flexibility index (Phi) is 3.03. The van der Waals surface area contributed by atoms with Gasteiger partial charge in [0.15, 0.2) is 0 Å². The standard InChI is InChI=1S/C12H9F5OS2/c13-20(14,15,16,17)12-7-3-10(4-8-12)18-9-1-5-11(19)6-2-9/h1-8,19H. The Labute approximate surface area is 117 Å². The minimum atomic E-state index is -9.62. The summed E-state index contributed by atoms with van der Waals surface area (Å²) in [5.41, 5.74) is 0. The molecule has 20 heavy (non-hydrogen) atoms. The van der Waals surface area contributed by atoms with Gasteiger partial charge in [0, 0.05) is 4.90 Å². The molecule has 8 heteroatoms. The Hall–Kier alpha value is -1.41. The smallest absolute Gasteiger partial charge is 0.310 e. The van der Waals surface area contributed by atoms with Crippen LogP contribution in [0, 0.1) is 0 Å². The minimum Gasteiger partial charge on any atom is -0.457 e. The van der Waals surface area contributed by atoms with Crippen molar-refractivity contribution in [3.8, 4) is 11.5 Å². The van der Waals surface area contributed by atoms with Crippen molar-refractivity contribution in [1.82, 2.24) is 0 Å². The Morgan fingerprint density at radius 1 is 0.700 bits per heavy atom. The highest BCUT2D eigenvalue weighted by molar-refractivity contribution is 8.45. The SMILES string of the molecule is FS(F)(F)(F)(F)c1ccc(Oc2ccc(S)cc2)cc1. The lowest BCUT2D eigenvalue weighted by atomic mass is 10.3. The highest BCUT2D eigenvalue weighted by Gasteiger charge is 2.65. The van der Waals surface area contributed by atoms with E-state index >= 15 is 0 Å². The summed E-state index contributed by atoms with van der Waals surface area (Å²) in [6.07, 6.45) is 0. The second kappa shape index (κ2) is 4.05. The fourth-order valence-electron chi connectivity index (χ4n) is 1.42. The van der Waals surface area contributed by atoms with Crippen molar-refractivity contribution < 1.29 is 24.2 Å². The molecule has 0 fully saturated rings. The summed E-state index contributed by atoms with van der Waals surface area (Å²) in [5, 5.41) is 0. The Balaban J connectivity index is 2.24. The van der Waals surface area contributed by atoms with E-state index in [1.807, 2.05) is 0 Å². The molecule has 0 unspecified atom stereocenters. The summed E-state index contributed by atoms with van der Waals surface area (Å²) < 4.78 is 67.7. The molecule has 0 N–H and O–H groups in total. The van der Waals surface area contributed by atoms with E-state index in [4.69, 9.17) is 4.74 Å². The summed E-state index contributed by atoms with van der Waals surface area (Å²) in [4.78, 5) is -1.25. The normalized spacial score (nSPS) is 15.3. The zero-order chi connectivity index (χ0) is 15.1. The molecule has 0 bridgehead atoms. The first-order valence-electron chi connectivity index (χ1n) is 5.25. The maximum Gasteiger partial charge on any atom is 0.310 e. The molecule has 0 heterocycles. The van der Waals surface area contributed by atoms with E-state index in [9.17, 15) is 19.4 Å². The highest BCUT2D eigenvalue weighted by atomic mass is 32.5. The van der Waals surface area contributed by atoms with Crippen LogP contribution in [0.5, 0.6) is 11.5 Å². The van der Waals surface area contributed by atoms with Crippen LogP contribution >= 0.6 is 22.9 Å². The van der Waals surface area contributed by atoms with Crippen LogP contribution in [0.25, 0.3) is 0 Å². The number of hydrogen-bond acceptors (Lipinski definition) is 2. The zero-order valence-corrected chi connectivity index (χ0v) is 11.5. The van der Waals surface area contributed by atoms with E-state index in [0.29, 0.717) is 22.8 Å². The van der Waals surface area contributed by atoms with Crippen LogP contribution in [-0.2, 0) is 0 Å². The molecule has 1 nitrogen and oxygen atoms in total. The molecular weight excluding hydrogens is 319 g/mol. The van der Waals surface area contributed by atoms with Gasteiger partial charge < -0.3 is 4.74 Å². The summed E-state index contributed by atoms with van der Waals surface area (Å²) in [5.74, 6) is 0.394. The third-order valence-electron chi connectivity index (χ3n) is 2.34. The van der Waals surface area contributed by atoms with Crippen LogP contribution < -0.4 is 4.74 Å². The molecule has 2 aromatic rings. The van der Waals surface area contributed by atoms with Crippen LogP contribution in [0.15, 0.2) is 58.3 Å². The van der Waals surface area contributed by atoms with Gasteiger partial charge in [-0.2, -0.15) is 0 Å². The van der Waals surface area contributed by atoms with Crippen LogP contribution in [0.2, 0.25) is 0 Å². The third kappa shape index (κ3) is 3.80. The van der Waals surface area contributed by atoms with Crippen LogP contribution in [0.4, 0.5) is 19.4 Å². The molecule has 0 saturated heterocycles. The number of benzene rings is 2. The minimum absolute atomic E-state index is 0.0301. The molecule has 0 atom stereocenters. The number of hydrogen-bond donors (Lipinski definition) is 1. The lowest BCUT2D eigenvalue weighted by molar-refractivity contribution is 0.364. The zero-order valence-electron chi connectivity index (χ0n) is 9.77. The molecule has 0 aliphatic carbocycles. The van der Waals surface area contributed by atoms with Crippen LogP contribution in [0.1, 0.15) is 0 Å². The highest BCUT2D eigenvalue weighted by Crippen LogP contribution is 3.02. The first-order valence-corrected chi connectivity index (χ1v) is 7.65. The molecule has 0 amide bonds. The number of rotatable bonds is 3.